The molecule has 3 fully saturated rings. The average Bonchev–Trinajstić information content (AvgIpc) is 3.22. The van der Waals surface area contributed by atoms with Crippen LogP contribution in [0.1, 0.15) is 18.4 Å². The van der Waals surface area contributed by atoms with Gasteiger partial charge in [0.1, 0.15) is 0 Å². The molecular formula is C15H22IN3OS. The Hall–Kier alpha value is -0.340. The number of hydrogen-bond donors (Lipinski definition) is 1. The monoisotopic (exact) mass is 419 g/mol. The van der Waals surface area contributed by atoms with Gasteiger partial charge in [-0.1, -0.05) is 0 Å². The van der Waals surface area contributed by atoms with Crippen LogP contribution in [0.15, 0.2) is 21.8 Å². The first kappa shape index (κ1) is 15.6. The Morgan fingerprint density at radius 3 is 2.67 bits per heavy atom. The minimum Gasteiger partial charge on any atom is -0.374 e. The lowest BCUT2D eigenvalue weighted by molar-refractivity contribution is 0.0767. The van der Waals surface area contributed by atoms with Crippen LogP contribution in [-0.2, 0) is 11.3 Å². The molecule has 4 unspecified atom stereocenters. The van der Waals surface area contributed by atoms with Gasteiger partial charge in [-0.2, -0.15) is 11.3 Å². The number of nitrogens with one attached hydrogen (secondary N) is 1. The lowest BCUT2D eigenvalue weighted by Gasteiger charge is -2.23. The Bertz CT molecular complexity index is 489. The van der Waals surface area contributed by atoms with E-state index in [2.05, 4.69) is 32.0 Å². The molecule has 1 aromatic rings. The second kappa shape index (κ2) is 6.42. The van der Waals surface area contributed by atoms with Gasteiger partial charge in [0, 0.05) is 38.5 Å². The summed E-state index contributed by atoms with van der Waals surface area (Å²) in [7, 11) is 1.88. The first-order valence-electron chi connectivity index (χ1n) is 7.47. The highest BCUT2D eigenvalue weighted by atomic mass is 127. The number of guanidine groups is 1. The summed E-state index contributed by atoms with van der Waals surface area (Å²) >= 11 is 1.74. The zero-order valence-corrected chi connectivity index (χ0v) is 15.3. The molecule has 0 saturated carbocycles. The molecule has 4 atom stereocenters. The predicted octanol–water partition coefficient (Wildman–Crippen LogP) is 2.55. The maximum atomic E-state index is 6.03. The molecule has 2 bridgehead atoms. The fraction of sp³-hybridized carbons (Fsp3) is 0.667. The fourth-order valence-corrected chi connectivity index (χ4v) is 4.71. The minimum absolute atomic E-state index is 0. The van der Waals surface area contributed by atoms with Crippen LogP contribution in [0.25, 0.3) is 0 Å². The van der Waals surface area contributed by atoms with Crippen LogP contribution in [0.2, 0.25) is 0 Å². The first-order chi connectivity index (χ1) is 9.85. The van der Waals surface area contributed by atoms with Crippen molar-refractivity contribution in [2.45, 2.75) is 31.6 Å². The summed E-state index contributed by atoms with van der Waals surface area (Å²) in [5.74, 6) is 2.51. The van der Waals surface area contributed by atoms with E-state index in [-0.39, 0.29) is 24.0 Å². The van der Waals surface area contributed by atoms with Gasteiger partial charge in [-0.05, 0) is 35.2 Å². The van der Waals surface area contributed by atoms with E-state index in [4.69, 9.17) is 4.74 Å². The van der Waals surface area contributed by atoms with E-state index in [1.54, 1.807) is 11.3 Å². The van der Waals surface area contributed by atoms with E-state index in [1.807, 2.05) is 7.05 Å². The van der Waals surface area contributed by atoms with Gasteiger partial charge in [0.05, 0.1) is 12.2 Å². The van der Waals surface area contributed by atoms with Gasteiger partial charge >= 0.3 is 0 Å². The number of likely N-dealkylation sites (tertiary alicyclic amines) is 1. The van der Waals surface area contributed by atoms with Gasteiger partial charge in [0.2, 0.25) is 0 Å². The third-order valence-electron chi connectivity index (χ3n) is 4.99. The number of thiophene rings is 1. The molecule has 4 nitrogen and oxygen atoms in total. The predicted molar refractivity (Wildman–Crippen MR) is 96.4 cm³/mol. The standard InChI is InChI=1S/C15H21N3OS.HI/c1-16-15(17-6-10-4-5-20-9-10)18-7-11-12(8-18)14-3-2-13(11)19-14;/h4-5,9,11-14H,2-3,6-8H2,1H3,(H,16,17);1H. The minimum atomic E-state index is 0. The fourth-order valence-electron chi connectivity index (χ4n) is 4.04. The highest BCUT2D eigenvalue weighted by Crippen LogP contribution is 2.47. The van der Waals surface area contributed by atoms with Crippen molar-refractivity contribution in [1.82, 2.24) is 10.2 Å². The van der Waals surface area contributed by atoms with E-state index in [0.29, 0.717) is 12.2 Å². The van der Waals surface area contributed by atoms with Gasteiger partial charge in [0.25, 0.3) is 0 Å². The molecule has 116 valence electrons. The highest BCUT2D eigenvalue weighted by Gasteiger charge is 2.53. The number of nitrogens with zero attached hydrogens (tertiary/aromatic N) is 2. The number of rotatable bonds is 2. The van der Waals surface area contributed by atoms with Crippen LogP contribution in [0.4, 0.5) is 0 Å². The maximum Gasteiger partial charge on any atom is 0.193 e. The molecule has 0 spiro atoms. The van der Waals surface area contributed by atoms with Crippen LogP contribution in [0, 0.1) is 11.8 Å². The zero-order valence-electron chi connectivity index (χ0n) is 12.2. The van der Waals surface area contributed by atoms with Gasteiger partial charge in [-0.25, -0.2) is 0 Å². The summed E-state index contributed by atoms with van der Waals surface area (Å²) in [6.07, 6.45) is 3.57. The van der Waals surface area contributed by atoms with Crippen LogP contribution >= 0.6 is 35.3 Å². The van der Waals surface area contributed by atoms with E-state index >= 15 is 0 Å². The SMILES string of the molecule is CN=C(NCc1ccsc1)N1CC2C3CCC(O3)C2C1.I. The Morgan fingerprint density at radius 2 is 2.10 bits per heavy atom. The number of aliphatic imine (C=N–C) groups is 1. The van der Waals surface area contributed by atoms with Crippen LogP contribution in [0.5, 0.6) is 0 Å². The summed E-state index contributed by atoms with van der Waals surface area (Å²) in [5.41, 5.74) is 1.33. The molecule has 0 aliphatic carbocycles. The van der Waals surface area contributed by atoms with Crippen molar-refractivity contribution in [2.75, 3.05) is 20.1 Å². The van der Waals surface area contributed by atoms with Crippen LogP contribution < -0.4 is 5.32 Å². The molecule has 21 heavy (non-hydrogen) atoms. The summed E-state index contributed by atoms with van der Waals surface area (Å²) < 4.78 is 6.03. The maximum absolute atomic E-state index is 6.03. The third kappa shape index (κ3) is 2.82. The Balaban J connectivity index is 0.00000132. The molecule has 6 heteroatoms. The quantitative estimate of drug-likeness (QED) is 0.455. The molecule has 1 aromatic heterocycles. The molecule has 4 rings (SSSR count). The van der Waals surface area contributed by atoms with Crippen LogP contribution in [0.3, 0.4) is 0 Å². The smallest absolute Gasteiger partial charge is 0.193 e. The molecule has 0 radical (unpaired) electrons. The third-order valence-corrected chi connectivity index (χ3v) is 5.73. The highest BCUT2D eigenvalue weighted by molar-refractivity contribution is 14.0. The molecule has 0 aromatic carbocycles. The zero-order chi connectivity index (χ0) is 13.5. The lowest BCUT2D eigenvalue weighted by Crippen LogP contribution is -2.40. The van der Waals surface area contributed by atoms with Crippen molar-refractivity contribution < 1.29 is 4.74 Å². The Morgan fingerprint density at radius 1 is 1.38 bits per heavy atom. The van der Waals surface area contributed by atoms with Crippen molar-refractivity contribution in [3.05, 3.63) is 22.4 Å². The van der Waals surface area contributed by atoms with Gasteiger partial charge in [-0.3, -0.25) is 4.99 Å². The average molecular weight is 419 g/mol. The van der Waals surface area contributed by atoms with E-state index < -0.39 is 0 Å². The van der Waals surface area contributed by atoms with E-state index in [9.17, 15) is 0 Å². The van der Waals surface area contributed by atoms with Crippen molar-refractivity contribution in [3.8, 4) is 0 Å². The molecule has 4 heterocycles. The van der Waals surface area contributed by atoms with Crippen molar-refractivity contribution in [1.29, 1.82) is 0 Å². The summed E-state index contributed by atoms with van der Waals surface area (Å²) in [5, 5.41) is 7.80. The second-order valence-corrected chi connectivity index (χ2v) is 6.84. The largest absolute Gasteiger partial charge is 0.374 e. The lowest BCUT2D eigenvalue weighted by atomic mass is 9.82. The summed E-state index contributed by atoms with van der Waals surface area (Å²) in [6, 6.07) is 2.16. The van der Waals surface area contributed by atoms with E-state index in [0.717, 1.165) is 37.4 Å². The van der Waals surface area contributed by atoms with E-state index in [1.165, 1.54) is 18.4 Å². The van der Waals surface area contributed by atoms with Crippen molar-refractivity contribution in [2.24, 2.45) is 16.8 Å². The van der Waals surface area contributed by atoms with Gasteiger partial charge in [-0.15, -0.1) is 24.0 Å². The number of fused-ring (bicyclic) bond motifs is 5. The molecule has 3 aliphatic rings. The van der Waals surface area contributed by atoms with Gasteiger partial charge in [0.15, 0.2) is 5.96 Å². The first-order valence-corrected chi connectivity index (χ1v) is 8.41. The normalized spacial score (nSPS) is 34.0. The molecular weight excluding hydrogens is 397 g/mol. The summed E-state index contributed by atoms with van der Waals surface area (Å²) in [6.45, 7) is 3.08. The molecule has 3 aliphatic heterocycles. The number of halogens is 1. The summed E-state index contributed by atoms with van der Waals surface area (Å²) in [4.78, 5) is 6.89. The molecule has 3 saturated heterocycles. The number of hydrogen-bond acceptors (Lipinski definition) is 3. The molecule has 1 N–H and O–H groups in total. The Kier molecular flexibility index (Phi) is 4.75. The van der Waals surface area contributed by atoms with Crippen molar-refractivity contribution >= 4 is 41.3 Å². The topological polar surface area (TPSA) is 36.9 Å². The Labute approximate surface area is 147 Å². The number of ether oxygens (including phenoxy) is 1. The molecule has 0 amide bonds. The van der Waals surface area contributed by atoms with Crippen LogP contribution in [-0.4, -0.2) is 43.2 Å². The van der Waals surface area contributed by atoms with Crippen molar-refractivity contribution in [3.63, 3.8) is 0 Å². The second-order valence-electron chi connectivity index (χ2n) is 6.06. The van der Waals surface area contributed by atoms with Gasteiger partial charge < -0.3 is 15.0 Å².